The molecule has 1 aromatic heterocycles. The van der Waals surface area contributed by atoms with Crippen LogP contribution in [0.4, 0.5) is 0 Å². The van der Waals surface area contributed by atoms with E-state index in [9.17, 15) is 4.79 Å². The third-order valence-electron chi connectivity index (χ3n) is 2.39. The number of carbonyl (C=O) groups excluding carboxylic acids is 1. The number of nitrogens with zero attached hydrogens (tertiary/aromatic N) is 3. The number of rotatable bonds is 2. The fraction of sp³-hybridized carbons (Fsp3) is 0.556. The van der Waals surface area contributed by atoms with E-state index in [1.54, 1.807) is 11.6 Å². The van der Waals surface area contributed by atoms with Crippen molar-refractivity contribution in [2.45, 2.75) is 0 Å². The van der Waals surface area contributed by atoms with E-state index in [2.05, 4.69) is 22.4 Å². The average molecular weight is 226 g/mol. The Bertz CT molecular complexity index is 319. The fourth-order valence-corrected chi connectivity index (χ4v) is 1.97. The molecule has 1 saturated heterocycles. The van der Waals surface area contributed by atoms with Gasteiger partial charge in [0, 0.05) is 37.8 Å². The van der Waals surface area contributed by atoms with Crippen LogP contribution in [-0.2, 0) is 0 Å². The van der Waals surface area contributed by atoms with Crippen molar-refractivity contribution in [1.29, 1.82) is 0 Å². The highest BCUT2D eigenvalue weighted by Gasteiger charge is 2.17. The van der Waals surface area contributed by atoms with Gasteiger partial charge in [-0.25, -0.2) is 9.99 Å². The van der Waals surface area contributed by atoms with Crippen LogP contribution in [0.1, 0.15) is 9.80 Å². The average Bonchev–Trinajstić information content (AvgIpc) is 2.74. The van der Waals surface area contributed by atoms with Gasteiger partial charge in [0.05, 0.1) is 0 Å². The van der Waals surface area contributed by atoms with Gasteiger partial charge < -0.3 is 4.90 Å². The van der Waals surface area contributed by atoms with Gasteiger partial charge in [-0.2, -0.15) is 0 Å². The molecule has 1 amide bonds. The molecule has 2 heterocycles. The Balaban J connectivity index is 1.85. The summed E-state index contributed by atoms with van der Waals surface area (Å²) in [5.41, 5.74) is 2.86. The summed E-state index contributed by atoms with van der Waals surface area (Å²) in [6.45, 7) is 3.71. The van der Waals surface area contributed by atoms with E-state index in [0.717, 1.165) is 26.2 Å². The molecule has 0 radical (unpaired) electrons. The van der Waals surface area contributed by atoms with Crippen molar-refractivity contribution in [3.63, 3.8) is 0 Å². The van der Waals surface area contributed by atoms with Gasteiger partial charge in [-0.1, -0.05) is 0 Å². The van der Waals surface area contributed by atoms with E-state index in [0.29, 0.717) is 5.01 Å². The van der Waals surface area contributed by atoms with Crippen molar-refractivity contribution < 1.29 is 4.79 Å². The zero-order valence-electron chi connectivity index (χ0n) is 8.64. The summed E-state index contributed by atoms with van der Waals surface area (Å²) < 4.78 is 0. The molecule has 6 heteroatoms. The minimum absolute atomic E-state index is 0.102. The summed E-state index contributed by atoms with van der Waals surface area (Å²) >= 11 is 1.36. The first kappa shape index (κ1) is 10.5. The lowest BCUT2D eigenvalue weighted by atomic mass is 10.4. The smallest absolute Gasteiger partial charge is 0.294 e. The van der Waals surface area contributed by atoms with Crippen LogP contribution in [0.3, 0.4) is 0 Å². The van der Waals surface area contributed by atoms with Gasteiger partial charge in [0.1, 0.15) is 0 Å². The zero-order valence-corrected chi connectivity index (χ0v) is 9.46. The highest BCUT2D eigenvalue weighted by atomic mass is 32.1. The maximum atomic E-state index is 11.6. The molecule has 1 fully saturated rings. The molecular weight excluding hydrogens is 212 g/mol. The molecule has 1 aliphatic rings. The van der Waals surface area contributed by atoms with Crippen molar-refractivity contribution in [3.8, 4) is 0 Å². The molecule has 0 unspecified atom stereocenters. The lowest BCUT2D eigenvalue weighted by molar-refractivity contribution is 0.0662. The van der Waals surface area contributed by atoms with Crippen molar-refractivity contribution in [3.05, 3.63) is 16.6 Å². The van der Waals surface area contributed by atoms with E-state index in [1.807, 2.05) is 5.01 Å². The maximum absolute atomic E-state index is 11.6. The van der Waals surface area contributed by atoms with Crippen LogP contribution < -0.4 is 5.43 Å². The molecule has 0 saturated carbocycles. The van der Waals surface area contributed by atoms with Crippen LogP contribution in [0.5, 0.6) is 0 Å². The van der Waals surface area contributed by atoms with Gasteiger partial charge in [0.2, 0.25) is 0 Å². The Morgan fingerprint density at radius 1 is 1.47 bits per heavy atom. The minimum atomic E-state index is -0.102. The van der Waals surface area contributed by atoms with E-state index in [4.69, 9.17) is 0 Å². The standard InChI is InChI=1S/C9H14N4OS/c1-12-3-5-13(6-4-12)11-8(14)9-10-2-7-15-9/h2,7H,3-6H2,1H3,(H,11,14). The number of carbonyl (C=O) groups is 1. The molecule has 15 heavy (non-hydrogen) atoms. The van der Waals surface area contributed by atoms with Crippen LogP contribution in [0.15, 0.2) is 11.6 Å². The number of hydrogen-bond donors (Lipinski definition) is 1. The van der Waals surface area contributed by atoms with Crippen molar-refractivity contribution >= 4 is 17.2 Å². The van der Waals surface area contributed by atoms with Crippen LogP contribution in [0, 0.1) is 0 Å². The number of piperazine rings is 1. The van der Waals surface area contributed by atoms with Crippen molar-refractivity contribution in [2.75, 3.05) is 33.2 Å². The molecule has 0 aromatic carbocycles. The molecular formula is C9H14N4OS. The molecule has 0 atom stereocenters. The van der Waals surface area contributed by atoms with Gasteiger partial charge in [0.25, 0.3) is 5.91 Å². The summed E-state index contributed by atoms with van der Waals surface area (Å²) in [6.07, 6.45) is 1.64. The summed E-state index contributed by atoms with van der Waals surface area (Å²) in [5.74, 6) is -0.102. The topological polar surface area (TPSA) is 48.5 Å². The number of nitrogens with one attached hydrogen (secondary N) is 1. The van der Waals surface area contributed by atoms with E-state index in [-0.39, 0.29) is 5.91 Å². The number of aromatic nitrogens is 1. The summed E-state index contributed by atoms with van der Waals surface area (Å²) in [5, 5.41) is 4.27. The predicted molar refractivity (Wildman–Crippen MR) is 58.7 cm³/mol. The third-order valence-corrected chi connectivity index (χ3v) is 3.16. The SMILES string of the molecule is CN1CCN(NC(=O)c2nccs2)CC1. The van der Waals surface area contributed by atoms with Crippen molar-refractivity contribution in [2.24, 2.45) is 0 Å². The summed E-state index contributed by atoms with van der Waals surface area (Å²) in [7, 11) is 2.08. The highest BCUT2D eigenvalue weighted by Crippen LogP contribution is 2.04. The number of thiazole rings is 1. The lowest BCUT2D eigenvalue weighted by Gasteiger charge is -2.32. The van der Waals surface area contributed by atoms with Gasteiger partial charge in [-0.3, -0.25) is 10.2 Å². The van der Waals surface area contributed by atoms with Gasteiger partial charge in [-0.05, 0) is 7.05 Å². The van der Waals surface area contributed by atoms with Crippen LogP contribution in [0.25, 0.3) is 0 Å². The fourth-order valence-electron chi connectivity index (χ4n) is 1.45. The second-order valence-corrected chi connectivity index (χ2v) is 4.46. The van der Waals surface area contributed by atoms with Crippen LogP contribution >= 0.6 is 11.3 Å². The maximum Gasteiger partial charge on any atom is 0.294 e. The number of likely N-dealkylation sites (N-methyl/N-ethyl adjacent to an activating group) is 1. The largest absolute Gasteiger partial charge is 0.304 e. The summed E-state index contributed by atoms with van der Waals surface area (Å²) in [4.78, 5) is 17.8. The molecule has 1 aromatic rings. The first-order chi connectivity index (χ1) is 7.25. The first-order valence-electron chi connectivity index (χ1n) is 4.89. The quantitative estimate of drug-likeness (QED) is 0.773. The molecule has 82 valence electrons. The first-order valence-corrected chi connectivity index (χ1v) is 5.77. The van der Waals surface area contributed by atoms with E-state index >= 15 is 0 Å². The minimum Gasteiger partial charge on any atom is -0.304 e. The van der Waals surface area contributed by atoms with Gasteiger partial charge in [-0.15, -0.1) is 11.3 Å². The number of hydrogen-bond acceptors (Lipinski definition) is 5. The van der Waals surface area contributed by atoms with Gasteiger partial charge >= 0.3 is 0 Å². The Labute approximate surface area is 92.7 Å². The number of hydrazine groups is 1. The Hall–Kier alpha value is -0.980. The Morgan fingerprint density at radius 3 is 2.80 bits per heavy atom. The number of amides is 1. The predicted octanol–water partition coefficient (Wildman–Crippen LogP) is 0.0353. The van der Waals surface area contributed by atoms with Gasteiger partial charge in [0.15, 0.2) is 5.01 Å². The molecule has 0 spiro atoms. The molecule has 1 N–H and O–H groups in total. The van der Waals surface area contributed by atoms with Crippen molar-refractivity contribution in [1.82, 2.24) is 20.3 Å². The second kappa shape index (κ2) is 4.69. The van der Waals surface area contributed by atoms with Crippen LogP contribution in [0.2, 0.25) is 0 Å². The third kappa shape index (κ3) is 2.74. The second-order valence-electron chi connectivity index (χ2n) is 3.57. The zero-order chi connectivity index (χ0) is 10.7. The molecule has 0 bridgehead atoms. The van der Waals surface area contributed by atoms with E-state index < -0.39 is 0 Å². The normalized spacial score (nSPS) is 19.0. The molecule has 5 nitrogen and oxygen atoms in total. The molecule has 2 rings (SSSR count). The van der Waals surface area contributed by atoms with Crippen LogP contribution in [-0.4, -0.2) is 54.0 Å². The highest BCUT2D eigenvalue weighted by molar-refractivity contribution is 7.11. The summed E-state index contributed by atoms with van der Waals surface area (Å²) in [6, 6.07) is 0. The Morgan fingerprint density at radius 2 is 2.20 bits per heavy atom. The molecule has 0 aliphatic carbocycles. The Kier molecular flexibility index (Phi) is 3.30. The monoisotopic (exact) mass is 226 g/mol. The van der Waals surface area contributed by atoms with E-state index in [1.165, 1.54) is 11.3 Å². The lowest BCUT2D eigenvalue weighted by Crippen LogP contribution is -2.52. The molecule has 1 aliphatic heterocycles.